The molecule has 0 N–H and O–H groups in total. The molecular weight excluding hydrogens is 256 g/mol. The molecule has 1 aliphatic rings. The van der Waals surface area contributed by atoms with Gasteiger partial charge in [-0.3, -0.25) is 9.59 Å². The van der Waals surface area contributed by atoms with Crippen LogP contribution in [0.1, 0.15) is 0 Å². The highest BCUT2D eigenvalue weighted by Crippen LogP contribution is 2.37. The van der Waals surface area contributed by atoms with Gasteiger partial charge >= 0.3 is 5.97 Å². The Morgan fingerprint density at radius 2 is 2.22 bits per heavy atom. The van der Waals surface area contributed by atoms with Crippen LogP contribution in [-0.4, -0.2) is 37.8 Å². The first kappa shape index (κ1) is 12.8. The Morgan fingerprint density at radius 3 is 2.89 bits per heavy atom. The lowest BCUT2D eigenvalue weighted by atomic mass is 10.3. The van der Waals surface area contributed by atoms with E-state index in [0.717, 1.165) is 16.7 Å². The number of ketones is 1. The summed E-state index contributed by atoms with van der Waals surface area (Å²) in [5.74, 6) is 0.316. The van der Waals surface area contributed by atoms with Crippen molar-refractivity contribution in [2.24, 2.45) is 0 Å². The van der Waals surface area contributed by atoms with Gasteiger partial charge in [-0.05, 0) is 12.1 Å². The molecular formula is C12H12O5S. The van der Waals surface area contributed by atoms with Crippen molar-refractivity contribution in [3.63, 3.8) is 0 Å². The number of Topliss-reactive ketones (excluding diaryl/α,β-unsaturated/α-hetero) is 1. The predicted octanol–water partition coefficient (Wildman–Crippen LogP) is 1.29. The van der Waals surface area contributed by atoms with Crippen LogP contribution in [0.5, 0.6) is 11.5 Å². The maximum atomic E-state index is 11.8. The van der Waals surface area contributed by atoms with E-state index in [0.29, 0.717) is 11.5 Å². The monoisotopic (exact) mass is 268 g/mol. The average molecular weight is 268 g/mol. The van der Waals surface area contributed by atoms with Crippen LogP contribution in [0.3, 0.4) is 0 Å². The molecule has 1 aliphatic heterocycles. The lowest BCUT2D eigenvalue weighted by Gasteiger charge is -2.09. The molecule has 0 amide bonds. The largest absolute Gasteiger partial charge is 0.497 e. The molecule has 0 bridgehead atoms. The van der Waals surface area contributed by atoms with Gasteiger partial charge in [-0.25, -0.2) is 0 Å². The van der Waals surface area contributed by atoms with Crippen molar-refractivity contribution in [2.75, 3.05) is 20.8 Å². The Bertz CT molecular complexity index is 485. The van der Waals surface area contributed by atoms with Crippen molar-refractivity contribution in [2.45, 2.75) is 10.1 Å². The van der Waals surface area contributed by atoms with E-state index in [1.165, 1.54) is 7.11 Å². The highest BCUT2D eigenvalue weighted by atomic mass is 32.2. The second-order valence-corrected chi connectivity index (χ2v) is 4.74. The van der Waals surface area contributed by atoms with Gasteiger partial charge < -0.3 is 14.2 Å². The molecule has 0 saturated carbocycles. The second kappa shape index (κ2) is 5.30. The number of hydrogen-bond donors (Lipinski definition) is 0. The molecule has 0 aromatic heterocycles. The molecule has 1 heterocycles. The van der Waals surface area contributed by atoms with Crippen molar-refractivity contribution >= 4 is 23.5 Å². The van der Waals surface area contributed by atoms with Crippen molar-refractivity contribution in [1.82, 2.24) is 0 Å². The van der Waals surface area contributed by atoms with E-state index in [9.17, 15) is 9.59 Å². The third kappa shape index (κ3) is 2.43. The third-order valence-corrected chi connectivity index (χ3v) is 3.76. The SMILES string of the molecule is COC(=O)C1Sc2ccc(OC)cc2OCC1=O. The zero-order valence-electron chi connectivity index (χ0n) is 9.97. The molecule has 1 aromatic carbocycles. The number of rotatable bonds is 2. The van der Waals surface area contributed by atoms with Crippen LogP contribution >= 0.6 is 11.8 Å². The number of benzene rings is 1. The van der Waals surface area contributed by atoms with E-state index >= 15 is 0 Å². The molecule has 0 radical (unpaired) electrons. The Kier molecular flexibility index (Phi) is 3.76. The predicted molar refractivity (Wildman–Crippen MR) is 65.2 cm³/mol. The van der Waals surface area contributed by atoms with Crippen molar-refractivity contribution < 1.29 is 23.8 Å². The third-order valence-electron chi connectivity index (χ3n) is 2.47. The molecule has 0 saturated heterocycles. The molecule has 1 atom stereocenters. The number of esters is 1. The van der Waals surface area contributed by atoms with Crippen molar-refractivity contribution in [3.8, 4) is 11.5 Å². The zero-order chi connectivity index (χ0) is 13.1. The van der Waals surface area contributed by atoms with E-state index in [-0.39, 0.29) is 12.4 Å². The topological polar surface area (TPSA) is 61.8 Å². The van der Waals surface area contributed by atoms with Crippen LogP contribution in [0.2, 0.25) is 0 Å². The molecule has 0 fully saturated rings. The van der Waals surface area contributed by atoms with Gasteiger partial charge in [0.25, 0.3) is 0 Å². The summed E-state index contributed by atoms with van der Waals surface area (Å²) in [5, 5.41) is -0.871. The lowest BCUT2D eigenvalue weighted by molar-refractivity contribution is -0.142. The fourth-order valence-corrected chi connectivity index (χ4v) is 2.56. The molecule has 1 aromatic rings. The van der Waals surface area contributed by atoms with E-state index < -0.39 is 11.2 Å². The number of methoxy groups -OCH3 is 2. The molecule has 6 heteroatoms. The zero-order valence-corrected chi connectivity index (χ0v) is 10.8. The van der Waals surface area contributed by atoms with Gasteiger partial charge in [-0.1, -0.05) is 11.8 Å². The minimum atomic E-state index is -0.871. The first-order valence-electron chi connectivity index (χ1n) is 5.23. The maximum absolute atomic E-state index is 11.8. The minimum Gasteiger partial charge on any atom is -0.497 e. The number of carbonyl (C=O) groups is 2. The fraction of sp³-hybridized carbons (Fsp3) is 0.333. The number of thioether (sulfide) groups is 1. The molecule has 0 spiro atoms. The smallest absolute Gasteiger partial charge is 0.326 e. The Balaban J connectivity index is 2.32. The molecule has 1 unspecified atom stereocenters. The fourth-order valence-electron chi connectivity index (χ4n) is 1.53. The second-order valence-electron chi connectivity index (χ2n) is 3.59. The highest BCUT2D eigenvalue weighted by Gasteiger charge is 2.32. The number of fused-ring (bicyclic) bond motifs is 1. The molecule has 0 aliphatic carbocycles. The van der Waals surface area contributed by atoms with Crippen LogP contribution in [0, 0.1) is 0 Å². The molecule has 2 rings (SSSR count). The number of hydrogen-bond acceptors (Lipinski definition) is 6. The summed E-state index contributed by atoms with van der Waals surface area (Å²) in [7, 11) is 2.81. The van der Waals surface area contributed by atoms with Crippen LogP contribution < -0.4 is 9.47 Å². The van der Waals surface area contributed by atoms with E-state index in [1.807, 2.05) is 0 Å². The van der Waals surface area contributed by atoms with Gasteiger partial charge in [0.05, 0.1) is 19.1 Å². The molecule has 18 heavy (non-hydrogen) atoms. The summed E-state index contributed by atoms with van der Waals surface area (Å²) in [4.78, 5) is 24.0. The summed E-state index contributed by atoms with van der Waals surface area (Å²) >= 11 is 1.13. The molecule has 96 valence electrons. The Labute approximate surface area is 108 Å². The first-order valence-corrected chi connectivity index (χ1v) is 6.11. The minimum absolute atomic E-state index is 0.146. The van der Waals surface area contributed by atoms with Gasteiger partial charge in [0.1, 0.15) is 18.1 Å². The highest BCUT2D eigenvalue weighted by molar-refractivity contribution is 8.01. The summed E-state index contributed by atoms with van der Waals surface area (Å²) in [5.41, 5.74) is 0. The Morgan fingerprint density at radius 1 is 1.44 bits per heavy atom. The van der Waals surface area contributed by atoms with Gasteiger partial charge in [0.15, 0.2) is 11.0 Å². The molecule has 5 nitrogen and oxygen atoms in total. The van der Waals surface area contributed by atoms with Crippen LogP contribution in [0.4, 0.5) is 0 Å². The van der Waals surface area contributed by atoms with Gasteiger partial charge in [-0.15, -0.1) is 0 Å². The van der Waals surface area contributed by atoms with E-state index in [2.05, 4.69) is 4.74 Å². The van der Waals surface area contributed by atoms with E-state index in [1.54, 1.807) is 25.3 Å². The number of carbonyl (C=O) groups excluding carboxylic acids is 2. The summed E-state index contributed by atoms with van der Waals surface area (Å²) in [6.45, 7) is -0.146. The van der Waals surface area contributed by atoms with Crippen LogP contribution in [0.25, 0.3) is 0 Å². The van der Waals surface area contributed by atoms with E-state index in [4.69, 9.17) is 9.47 Å². The summed E-state index contributed by atoms with van der Waals surface area (Å²) in [6.07, 6.45) is 0. The van der Waals surface area contributed by atoms with Gasteiger partial charge in [-0.2, -0.15) is 0 Å². The quantitative estimate of drug-likeness (QED) is 0.595. The lowest BCUT2D eigenvalue weighted by Crippen LogP contribution is -2.30. The van der Waals surface area contributed by atoms with Crippen LogP contribution in [-0.2, 0) is 14.3 Å². The maximum Gasteiger partial charge on any atom is 0.326 e. The average Bonchev–Trinajstić information content (AvgIpc) is 2.57. The standard InChI is InChI=1S/C12H12O5S/c1-15-7-3-4-10-9(5-7)17-6-8(13)11(18-10)12(14)16-2/h3-5,11H,6H2,1-2H3. The Hall–Kier alpha value is -1.69. The van der Waals surface area contributed by atoms with Gasteiger partial charge in [0.2, 0.25) is 0 Å². The first-order chi connectivity index (χ1) is 8.65. The van der Waals surface area contributed by atoms with Gasteiger partial charge in [0, 0.05) is 6.07 Å². The normalized spacial score (nSPS) is 18.3. The summed E-state index contributed by atoms with van der Waals surface area (Å²) in [6, 6.07) is 5.20. The van der Waals surface area contributed by atoms with Crippen molar-refractivity contribution in [3.05, 3.63) is 18.2 Å². The summed E-state index contributed by atoms with van der Waals surface area (Å²) < 4.78 is 15.1. The van der Waals surface area contributed by atoms with Crippen LogP contribution in [0.15, 0.2) is 23.1 Å². The van der Waals surface area contributed by atoms with Crippen molar-refractivity contribution in [1.29, 1.82) is 0 Å². The number of ether oxygens (including phenoxy) is 3.